The lowest BCUT2D eigenvalue weighted by Gasteiger charge is -2.22. The van der Waals surface area contributed by atoms with Crippen molar-refractivity contribution in [1.29, 1.82) is 0 Å². The highest BCUT2D eigenvalue weighted by Crippen LogP contribution is 2.37. The number of rotatable bonds is 5. The summed E-state index contributed by atoms with van der Waals surface area (Å²) < 4.78 is 45.7. The molecule has 0 bridgehead atoms. The number of hydrogen-bond acceptors (Lipinski definition) is 4. The fourth-order valence-electron chi connectivity index (χ4n) is 3.16. The SMILES string of the molecule is CC(C)(C)OC(=O)NC[C@@H]1CCN(Cc2c(Br)cc(C(=O)O)cc2C(F)(F)F)C1. The minimum atomic E-state index is -4.67. The number of aromatic carboxylic acids is 1. The van der Waals surface area contributed by atoms with E-state index in [1.807, 2.05) is 4.90 Å². The van der Waals surface area contributed by atoms with Gasteiger partial charge in [0.2, 0.25) is 0 Å². The molecule has 10 heteroatoms. The quantitative estimate of drug-likeness (QED) is 0.647. The first-order chi connectivity index (χ1) is 13.3. The number of alkyl halides is 3. The highest BCUT2D eigenvalue weighted by molar-refractivity contribution is 9.10. The molecule has 1 fully saturated rings. The van der Waals surface area contributed by atoms with Gasteiger partial charge in [0.05, 0.1) is 11.1 Å². The third kappa shape index (κ3) is 6.88. The Bertz CT molecular complexity index is 778. The highest BCUT2D eigenvalue weighted by atomic mass is 79.9. The van der Waals surface area contributed by atoms with Crippen molar-refractivity contribution >= 4 is 28.0 Å². The van der Waals surface area contributed by atoms with E-state index in [0.717, 1.165) is 6.42 Å². The first-order valence-electron chi connectivity index (χ1n) is 9.08. The van der Waals surface area contributed by atoms with Gasteiger partial charge < -0.3 is 15.2 Å². The number of benzene rings is 1. The normalized spacial score (nSPS) is 18.0. The summed E-state index contributed by atoms with van der Waals surface area (Å²) in [5.41, 5.74) is -1.98. The molecule has 1 saturated heterocycles. The Hall–Kier alpha value is -1.81. The summed E-state index contributed by atoms with van der Waals surface area (Å²) in [7, 11) is 0. The molecule has 1 aromatic carbocycles. The maximum absolute atomic E-state index is 13.5. The van der Waals surface area contributed by atoms with Crippen molar-refractivity contribution in [2.75, 3.05) is 19.6 Å². The Morgan fingerprint density at radius 3 is 2.52 bits per heavy atom. The Kier molecular flexibility index (Phi) is 7.21. The molecule has 1 heterocycles. The average Bonchev–Trinajstić information content (AvgIpc) is 2.99. The zero-order valence-electron chi connectivity index (χ0n) is 16.4. The van der Waals surface area contributed by atoms with Crippen molar-refractivity contribution in [3.05, 3.63) is 33.3 Å². The lowest BCUT2D eigenvalue weighted by atomic mass is 10.0. The van der Waals surface area contributed by atoms with Crippen LogP contribution in [0, 0.1) is 5.92 Å². The number of carboxylic acids is 1. The molecule has 0 saturated carbocycles. The van der Waals surface area contributed by atoms with Crippen LogP contribution < -0.4 is 5.32 Å². The number of nitrogens with zero attached hydrogens (tertiary/aromatic N) is 1. The van der Waals surface area contributed by atoms with Gasteiger partial charge in [-0.1, -0.05) is 15.9 Å². The van der Waals surface area contributed by atoms with E-state index in [1.165, 1.54) is 6.07 Å². The number of hydrogen-bond donors (Lipinski definition) is 2. The summed E-state index contributed by atoms with van der Waals surface area (Å²) in [5, 5.41) is 11.7. The van der Waals surface area contributed by atoms with Gasteiger partial charge in [0.1, 0.15) is 5.60 Å². The van der Waals surface area contributed by atoms with Gasteiger partial charge in [-0.25, -0.2) is 9.59 Å². The van der Waals surface area contributed by atoms with Crippen LogP contribution in [-0.4, -0.2) is 47.3 Å². The van der Waals surface area contributed by atoms with Crippen LogP contribution in [-0.2, 0) is 17.5 Å². The van der Waals surface area contributed by atoms with Crippen LogP contribution in [0.25, 0.3) is 0 Å². The molecule has 0 spiro atoms. The maximum atomic E-state index is 13.5. The number of carbonyl (C=O) groups excluding carboxylic acids is 1. The van der Waals surface area contributed by atoms with Crippen molar-refractivity contribution in [2.45, 2.75) is 45.5 Å². The summed E-state index contributed by atoms with van der Waals surface area (Å²) in [5.74, 6) is -1.33. The Balaban J connectivity index is 2.04. The Morgan fingerprint density at radius 2 is 1.97 bits per heavy atom. The Labute approximate surface area is 175 Å². The fourth-order valence-corrected chi connectivity index (χ4v) is 3.75. The van der Waals surface area contributed by atoms with Gasteiger partial charge in [-0.3, -0.25) is 4.90 Å². The fraction of sp³-hybridized carbons (Fsp3) is 0.579. The van der Waals surface area contributed by atoms with Gasteiger partial charge in [-0.2, -0.15) is 13.2 Å². The van der Waals surface area contributed by atoms with E-state index in [2.05, 4.69) is 21.2 Å². The molecule has 0 unspecified atom stereocenters. The molecule has 162 valence electrons. The zero-order chi connectivity index (χ0) is 22.0. The second-order valence-corrected chi connectivity index (χ2v) is 8.91. The Morgan fingerprint density at radius 1 is 1.31 bits per heavy atom. The van der Waals surface area contributed by atoms with Gasteiger partial charge in [0, 0.05) is 24.1 Å². The van der Waals surface area contributed by atoms with Gasteiger partial charge in [0.15, 0.2) is 0 Å². The van der Waals surface area contributed by atoms with Crippen LogP contribution >= 0.6 is 15.9 Å². The van der Waals surface area contributed by atoms with Crippen molar-refractivity contribution in [3.8, 4) is 0 Å². The molecule has 0 aliphatic carbocycles. The molecule has 1 amide bonds. The van der Waals surface area contributed by atoms with Crippen molar-refractivity contribution in [1.82, 2.24) is 10.2 Å². The lowest BCUT2D eigenvalue weighted by Crippen LogP contribution is -2.36. The molecule has 2 N–H and O–H groups in total. The van der Waals surface area contributed by atoms with Crippen molar-refractivity contribution in [2.24, 2.45) is 5.92 Å². The van der Waals surface area contributed by atoms with Gasteiger partial charge in [-0.05, 0) is 57.4 Å². The minimum Gasteiger partial charge on any atom is -0.478 e. The number of halogens is 4. The smallest absolute Gasteiger partial charge is 0.416 e. The maximum Gasteiger partial charge on any atom is 0.416 e. The summed E-state index contributed by atoms with van der Waals surface area (Å²) in [6, 6.07) is 1.85. The molecule has 1 aromatic rings. The van der Waals surface area contributed by atoms with Crippen molar-refractivity contribution < 1.29 is 32.6 Å². The largest absolute Gasteiger partial charge is 0.478 e. The van der Waals surface area contributed by atoms with E-state index in [-0.39, 0.29) is 22.5 Å². The van der Waals surface area contributed by atoms with Crippen molar-refractivity contribution in [3.63, 3.8) is 0 Å². The molecule has 29 heavy (non-hydrogen) atoms. The molecule has 1 atom stereocenters. The van der Waals surface area contributed by atoms with E-state index in [0.29, 0.717) is 25.7 Å². The van der Waals surface area contributed by atoms with Gasteiger partial charge in [-0.15, -0.1) is 0 Å². The molecular weight excluding hydrogens is 457 g/mol. The van der Waals surface area contributed by atoms with E-state index in [9.17, 15) is 22.8 Å². The number of ether oxygens (including phenoxy) is 1. The average molecular weight is 481 g/mol. The molecule has 1 aliphatic heterocycles. The summed E-state index contributed by atoms with van der Waals surface area (Å²) in [4.78, 5) is 24.7. The van der Waals surface area contributed by atoms with E-state index >= 15 is 0 Å². The first kappa shape index (κ1) is 23.5. The molecule has 0 radical (unpaired) electrons. The zero-order valence-corrected chi connectivity index (χ0v) is 18.0. The first-order valence-corrected chi connectivity index (χ1v) is 9.87. The highest BCUT2D eigenvalue weighted by Gasteiger charge is 2.36. The predicted molar refractivity (Wildman–Crippen MR) is 104 cm³/mol. The standard InChI is InChI=1S/C19H24BrF3N2O4/c1-18(2,3)29-17(28)24-8-11-4-5-25(9-11)10-13-14(19(21,22)23)6-12(16(26)27)7-15(13)20/h6-7,11H,4-5,8-10H2,1-3H3,(H,24,28)(H,26,27)/t11-/m0/s1. The second kappa shape index (κ2) is 8.91. The summed E-state index contributed by atoms with van der Waals surface area (Å²) in [6.07, 6.45) is -4.47. The van der Waals surface area contributed by atoms with E-state index in [4.69, 9.17) is 9.84 Å². The monoisotopic (exact) mass is 480 g/mol. The minimum absolute atomic E-state index is 0.00301. The number of nitrogens with one attached hydrogen (secondary N) is 1. The number of likely N-dealkylation sites (tertiary alicyclic amines) is 1. The van der Waals surface area contributed by atoms with Crippen LogP contribution in [0.3, 0.4) is 0 Å². The van der Waals surface area contributed by atoms with Gasteiger partial charge >= 0.3 is 18.2 Å². The van der Waals surface area contributed by atoms with Gasteiger partial charge in [0.25, 0.3) is 0 Å². The number of amides is 1. The molecular formula is C19H24BrF3N2O4. The van der Waals surface area contributed by atoms with E-state index in [1.54, 1.807) is 20.8 Å². The number of alkyl carbamates (subject to hydrolysis) is 1. The molecule has 0 aromatic heterocycles. The third-order valence-corrected chi connectivity index (χ3v) is 5.14. The van der Waals surface area contributed by atoms with Crippen LogP contribution in [0.1, 0.15) is 48.7 Å². The third-order valence-electron chi connectivity index (χ3n) is 4.43. The van der Waals surface area contributed by atoms with E-state index < -0.39 is 35.0 Å². The lowest BCUT2D eigenvalue weighted by molar-refractivity contribution is -0.138. The summed E-state index contributed by atoms with van der Waals surface area (Å²) in [6.45, 7) is 6.76. The molecule has 6 nitrogen and oxygen atoms in total. The van der Waals surface area contributed by atoms with Crippen LogP contribution in [0.5, 0.6) is 0 Å². The second-order valence-electron chi connectivity index (χ2n) is 8.06. The molecule has 2 rings (SSSR count). The topological polar surface area (TPSA) is 78.9 Å². The molecule has 1 aliphatic rings. The summed E-state index contributed by atoms with van der Waals surface area (Å²) >= 11 is 3.10. The predicted octanol–water partition coefficient (Wildman–Crippen LogP) is 4.51. The number of carboxylic acid groups (broad SMARTS) is 1. The van der Waals surface area contributed by atoms with Crippen LogP contribution in [0.2, 0.25) is 0 Å². The number of carbonyl (C=O) groups is 2. The van der Waals surface area contributed by atoms with Crippen LogP contribution in [0.15, 0.2) is 16.6 Å². The van der Waals surface area contributed by atoms with Crippen LogP contribution in [0.4, 0.5) is 18.0 Å².